The molecule has 0 radical (unpaired) electrons. The number of hydrogen-bond donors (Lipinski definition) is 2. The lowest BCUT2D eigenvalue weighted by Crippen LogP contribution is -2.34. The molecule has 0 spiro atoms. The normalized spacial score (nSPS) is 13.3. The van der Waals surface area contributed by atoms with E-state index in [2.05, 4.69) is 33.4 Å². The van der Waals surface area contributed by atoms with E-state index >= 15 is 0 Å². The molecule has 0 saturated heterocycles. The van der Waals surface area contributed by atoms with E-state index in [9.17, 15) is 9.18 Å². The molecule has 1 amide bonds. The smallest absolute Gasteiger partial charge is 0.253 e. The molecule has 0 fully saturated rings. The first-order valence-electron chi connectivity index (χ1n) is 8.52. The Morgan fingerprint density at radius 2 is 2.12 bits per heavy atom. The maximum Gasteiger partial charge on any atom is 0.253 e. The first kappa shape index (κ1) is 15.7. The van der Waals surface area contributed by atoms with Gasteiger partial charge in [-0.05, 0) is 43.2 Å². The third-order valence-electron chi connectivity index (χ3n) is 4.83. The molecular formula is C20H20FN3O. The summed E-state index contributed by atoms with van der Waals surface area (Å²) in [7, 11) is 0. The summed E-state index contributed by atoms with van der Waals surface area (Å²) in [6.07, 6.45) is 1.05. The van der Waals surface area contributed by atoms with Gasteiger partial charge in [0.25, 0.3) is 5.91 Å². The number of halogens is 1. The van der Waals surface area contributed by atoms with E-state index in [1.165, 1.54) is 23.4 Å². The highest BCUT2D eigenvalue weighted by Gasteiger charge is 2.19. The SMILES string of the molecule is Cc1[nH]c2ccc(F)cc2c1C(=O)NCCN1CCc2ccccc21. The minimum absolute atomic E-state index is 0.165. The van der Waals surface area contributed by atoms with Crippen LogP contribution in [0.3, 0.4) is 0 Å². The molecule has 0 saturated carbocycles. The molecule has 5 heteroatoms. The number of anilines is 1. The van der Waals surface area contributed by atoms with Crippen molar-refractivity contribution in [3.63, 3.8) is 0 Å². The van der Waals surface area contributed by atoms with Gasteiger partial charge in [0.1, 0.15) is 5.82 Å². The van der Waals surface area contributed by atoms with Crippen molar-refractivity contribution in [1.82, 2.24) is 10.3 Å². The molecule has 1 aromatic heterocycles. The Bertz CT molecular complexity index is 947. The highest BCUT2D eigenvalue weighted by Crippen LogP contribution is 2.27. The Balaban J connectivity index is 1.45. The summed E-state index contributed by atoms with van der Waals surface area (Å²) >= 11 is 0. The molecule has 0 atom stereocenters. The van der Waals surface area contributed by atoms with Gasteiger partial charge in [-0.15, -0.1) is 0 Å². The van der Waals surface area contributed by atoms with Crippen LogP contribution in [0.2, 0.25) is 0 Å². The summed E-state index contributed by atoms with van der Waals surface area (Å²) in [4.78, 5) is 18.0. The second-order valence-corrected chi connectivity index (χ2v) is 6.44. The van der Waals surface area contributed by atoms with Crippen molar-refractivity contribution in [2.24, 2.45) is 0 Å². The van der Waals surface area contributed by atoms with Crippen molar-refractivity contribution < 1.29 is 9.18 Å². The number of nitrogens with one attached hydrogen (secondary N) is 2. The Hall–Kier alpha value is -2.82. The van der Waals surface area contributed by atoms with Crippen molar-refractivity contribution in [2.75, 3.05) is 24.5 Å². The number of aryl methyl sites for hydroxylation is 1. The summed E-state index contributed by atoms with van der Waals surface area (Å²) < 4.78 is 13.5. The van der Waals surface area contributed by atoms with Crippen molar-refractivity contribution in [3.05, 3.63) is 65.1 Å². The summed E-state index contributed by atoms with van der Waals surface area (Å²) in [6.45, 7) is 4.13. The van der Waals surface area contributed by atoms with Crippen molar-refractivity contribution >= 4 is 22.5 Å². The highest BCUT2D eigenvalue weighted by atomic mass is 19.1. The third-order valence-corrected chi connectivity index (χ3v) is 4.83. The molecule has 25 heavy (non-hydrogen) atoms. The van der Waals surface area contributed by atoms with Crippen molar-refractivity contribution in [3.8, 4) is 0 Å². The Morgan fingerprint density at radius 1 is 1.28 bits per heavy atom. The van der Waals surface area contributed by atoms with Crippen LogP contribution in [-0.4, -0.2) is 30.5 Å². The minimum Gasteiger partial charge on any atom is -0.369 e. The van der Waals surface area contributed by atoms with E-state index in [1.54, 1.807) is 6.07 Å². The number of nitrogens with zero attached hydrogens (tertiary/aromatic N) is 1. The predicted octanol–water partition coefficient (Wildman–Crippen LogP) is 3.41. The molecule has 2 aromatic carbocycles. The van der Waals surface area contributed by atoms with E-state index in [0.717, 1.165) is 30.7 Å². The fourth-order valence-electron chi connectivity index (χ4n) is 3.62. The standard InChI is InChI=1S/C20H20FN3O/c1-13-19(16-12-15(21)6-7-17(16)23-13)20(25)22-9-11-24-10-8-14-4-2-3-5-18(14)24/h2-7,12,23H,8-11H2,1H3,(H,22,25). The number of H-pyrrole nitrogens is 1. The van der Waals surface area contributed by atoms with Gasteiger partial charge in [0.15, 0.2) is 0 Å². The van der Waals surface area contributed by atoms with Gasteiger partial charge in [-0.2, -0.15) is 0 Å². The molecule has 2 N–H and O–H groups in total. The molecule has 1 aliphatic heterocycles. The van der Waals surface area contributed by atoms with Crippen LogP contribution in [0.15, 0.2) is 42.5 Å². The molecule has 1 aliphatic rings. The number of carbonyl (C=O) groups is 1. The van der Waals surface area contributed by atoms with Gasteiger partial charge < -0.3 is 15.2 Å². The van der Waals surface area contributed by atoms with Gasteiger partial charge in [-0.3, -0.25) is 4.79 Å². The summed E-state index contributed by atoms with van der Waals surface area (Å²) in [5.41, 5.74) is 4.66. The number of aromatic nitrogens is 1. The van der Waals surface area contributed by atoms with Gasteiger partial charge >= 0.3 is 0 Å². The largest absolute Gasteiger partial charge is 0.369 e. The summed E-state index contributed by atoms with van der Waals surface area (Å²) in [5.74, 6) is -0.504. The molecule has 4 rings (SSSR count). The number of para-hydroxylation sites is 1. The van der Waals surface area contributed by atoms with Crippen molar-refractivity contribution in [2.45, 2.75) is 13.3 Å². The molecule has 2 heterocycles. The number of benzene rings is 2. The lowest BCUT2D eigenvalue weighted by atomic mass is 10.1. The second kappa shape index (κ2) is 6.24. The van der Waals surface area contributed by atoms with Gasteiger partial charge in [0.2, 0.25) is 0 Å². The zero-order valence-corrected chi connectivity index (χ0v) is 14.1. The van der Waals surface area contributed by atoms with Crippen LogP contribution in [0.25, 0.3) is 10.9 Å². The lowest BCUT2D eigenvalue weighted by molar-refractivity contribution is 0.0955. The number of fused-ring (bicyclic) bond motifs is 2. The Labute approximate surface area is 145 Å². The fraction of sp³-hybridized carbons (Fsp3) is 0.250. The van der Waals surface area contributed by atoms with Crippen LogP contribution in [-0.2, 0) is 6.42 Å². The Morgan fingerprint density at radius 3 is 3.00 bits per heavy atom. The topological polar surface area (TPSA) is 48.1 Å². The molecular weight excluding hydrogens is 317 g/mol. The lowest BCUT2D eigenvalue weighted by Gasteiger charge is -2.19. The van der Waals surface area contributed by atoms with Crippen LogP contribution in [0.1, 0.15) is 21.6 Å². The second-order valence-electron chi connectivity index (χ2n) is 6.44. The van der Waals surface area contributed by atoms with Crippen LogP contribution in [0.5, 0.6) is 0 Å². The van der Waals surface area contributed by atoms with E-state index in [0.29, 0.717) is 17.5 Å². The van der Waals surface area contributed by atoms with Gasteiger partial charge in [0, 0.05) is 41.9 Å². The summed E-state index contributed by atoms with van der Waals surface area (Å²) in [5, 5.41) is 3.60. The predicted molar refractivity (Wildman–Crippen MR) is 97.7 cm³/mol. The van der Waals surface area contributed by atoms with E-state index in [1.807, 2.05) is 13.0 Å². The van der Waals surface area contributed by atoms with Gasteiger partial charge in [0.05, 0.1) is 5.56 Å². The van der Waals surface area contributed by atoms with Gasteiger partial charge in [-0.1, -0.05) is 18.2 Å². The number of carbonyl (C=O) groups excluding carboxylic acids is 1. The third kappa shape index (κ3) is 2.86. The molecule has 128 valence electrons. The molecule has 0 bridgehead atoms. The zero-order valence-electron chi connectivity index (χ0n) is 14.1. The fourth-order valence-corrected chi connectivity index (χ4v) is 3.62. The highest BCUT2D eigenvalue weighted by molar-refractivity contribution is 6.08. The monoisotopic (exact) mass is 337 g/mol. The number of rotatable bonds is 4. The first-order chi connectivity index (χ1) is 12.1. The molecule has 3 aromatic rings. The van der Waals surface area contributed by atoms with Gasteiger partial charge in [-0.25, -0.2) is 4.39 Å². The molecule has 0 aliphatic carbocycles. The minimum atomic E-state index is -0.339. The average Bonchev–Trinajstić information content (AvgIpc) is 3.15. The average molecular weight is 337 g/mol. The van der Waals surface area contributed by atoms with E-state index in [4.69, 9.17) is 0 Å². The number of amides is 1. The number of hydrogen-bond acceptors (Lipinski definition) is 2. The maximum atomic E-state index is 13.5. The van der Waals surface area contributed by atoms with Crippen LogP contribution in [0, 0.1) is 12.7 Å². The van der Waals surface area contributed by atoms with Crippen LogP contribution >= 0.6 is 0 Å². The molecule has 4 nitrogen and oxygen atoms in total. The van der Waals surface area contributed by atoms with E-state index < -0.39 is 0 Å². The molecule has 0 unspecified atom stereocenters. The van der Waals surface area contributed by atoms with Crippen LogP contribution in [0.4, 0.5) is 10.1 Å². The zero-order chi connectivity index (χ0) is 17.4. The first-order valence-corrected chi connectivity index (χ1v) is 8.52. The maximum absolute atomic E-state index is 13.5. The summed E-state index contributed by atoms with van der Waals surface area (Å²) in [6, 6.07) is 12.8. The van der Waals surface area contributed by atoms with E-state index in [-0.39, 0.29) is 11.7 Å². The van der Waals surface area contributed by atoms with Crippen molar-refractivity contribution in [1.29, 1.82) is 0 Å². The Kier molecular flexibility index (Phi) is 3.92. The number of aromatic amines is 1. The van der Waals surface area contributed by atoms with Crippen LogP contribution < -0.4 is 10.2 Å². The quantitative estimate of drug-likeness (QED) is 0.766.